The molecule has 1 heterocycles. The van der Waals surface area contributed by atoms with Crippen LogP contribution in [0.25, 0.3) is 0 Å². The van der Waals surface area contributed by atoms with E-state index < -0.39 is 6.10 Å². The van der Waals surface area contributed by atoms with Crippen molar-refractivity contribution in [3.63, 3.8) is 0 Å². The van der Waals surface area contributed by atoms with Gasteiger partial charge in [-0.15, -0.1) is 0 Å². The van der Waals surface area contributed by atoms with Crippen molar-refractivity contribution in [3.8, 4) is 11.5 Å². The standard InChI is InChI=1S/C14H21NO3/c1-4-15(5-2)11-9-18-14-10(13(11)16)7-6-8-12(14)17-3/h6-8,11,13,16H,4-5,9H2,1-3H3. The third-order valence-corrected chi connectivity index (χ3v) is 3.59. The van der Waals surface area contributed by atoms with Crippen LogP contribution in [-0.2, 0) is 0 Å². The number of hydrogen-bond acceptors (Lipinski definition) is 4. The quantitative estimate of drug-likeness (QED) is 0.886. The molecule has 0 spiro atoms. The summed E-state index contributed by atoms with van der Waals surface area (Å²) in [5, 5.41) is 10.5. The molecule has 0 saturated carbocycles. The lowest BCUT2D eigenvalue weighted by Gasteiger charge is -2.37. The number of ether oxygens (including phenoxy) is 2. The fourth-order valence-corrected chi connectivity index (χ4v) is 2.55. The molecule has 18 heavy (non-hydrogen) atoms. The number of benzene rings is 1. The van der Waals surface area contributed by atoms with E-state index in [1.54, 1.807) is 7.11 Å². The Kier molecular flexibility index (Phi) is 4.09. The molecule has 1 N–H and O–H groups in total. The van der Waals surface area contributed by atoms with Gasteiger partial charge in [0.1, 0.15) is 12.7 Å². The van der Waals surface area contributed by atoms with Gasteiger partial charge in [-0.05, 0) is 19.2 Å². The molecule has 1 aliphatic rings. The monoisotopic (exact) mass is 251 g/mol. The Labute approximate surface area is 108 Å². The topological polar surface area (TPSA) is 41.9 Å². The molecule has 4 heteroatoms. The second kappa shape index (κ2) is 5.59. The zero-order chi connectivity index (χ0) is 13.1. The van der Waals surface area contributed by atoms with Gasteiger partial charge in [-0.25, -0.2) is 0 Å². The maximum absolute atomic E-state index is 10.5. The Bertz CT molecular complexity index is 404. The lowest BCUT2D eigenvalue weighted by Crippen LogP contribution is -2.45. The zero-order valence-electron chi connectivity index (χ0n) is 11.2. The molecular formula is C14H21NO3. The maximum Gasteiger partial charge on any atom is 0.167 e. The van der Waals surface area contributed by atoms with Crippen molar-refractivity contribution in [3.05, 3.63) is 23.8 Å². The molecule has 0 bridgehead atoms. The summed E-state index contributed by atoms with van der Waals surface area (Å²) in [5.41, 5.74) is 0.817. The van der Waals surface area contributed by atoms with E-state index >= 15 is 0 Å². The van der Waals surface area contributed by atoms with Gasteiger partial charge in [0.15, 0.2) is 11.5 Å². The first kappa shape index (κ1) is 13.2. The molecule has 2 atom stereocenters. The summed E-state index contributed by atoms with van der Waals surface area (Å²) >= 11 is 0. The van der Waals surface area contributed by atoms with Crippen LogP contribution in [0.1, 0.15) is 25.5 Å². The molecule has 0 amide bonds. The Hall–Kier alpha value is -1.26. The van der Waals surface area contributed by atoms with Gasteiger partial charge in [-0.1, -0.05) is 26.0 Å². The first-order valence-corrected chi connectivity index (χ1v) is 6.44. The predicted octanol–water partition coefficient (Wildman–Crippen LogP) is 1.83. The van der Waals surface area contributed by atoms with E-state index in [2.05, 4.69) is 18.7 Å². The summed E-state index contributed by atoms with van der Waals surface area (Å²) in [7, 11) is 1.61. The van der Waals surface area contributed by atoms with Crippen molar-refractivity contribution in [1.29, 1.82) is 0 Å². The van der Waals surface area contributed by atoms with Crippen LogP contribution in [-0.4, -0.2) is 42.9 Å². The van der Waals surface area contributed by atoms with Crippen molar-refractivity contribution < 1.29 is 14.6 Å². The first-order chi connectivity index (χ1) is 8.72. The number of aliphatic hydroxyl groups excluding tert-OH is 1. The lowest BCUT2D eigenvalue weighted by molar-refractivity contribution is 0.00679. The smallest absolute Gasteiger partial charge is 0.167 e. The van der Waals surface area contributed by atoms with Crippen LogP contribution in [0.2, 0.25) is 0 Å². The first-order valence-electron chi connectivity index (χ1n) is 6.44. The summed E-state index contributed by atoms with van der Waals surface area (Å²) < 4.78 is 11.0. The summed E-state index contributed by atoms with van der Waals surface area (Å²) in [4.78, 5) is 2.22. The minimum absolute atomic E-state index is 0.0135. The van der Waals surface area contributed by atoms with Crippen molar-refractivity contribution in [1.82, 2.24) is 4.90 Å². The maximum atomic E-state index is 10.5. The summed E-state index contributed by atoms with van der Waals surface area (Å²) in [6, 6.07) is 5.65. The molecule has 1 aromatic carbocycles. The minimum Gasteiger partial charge on any atom is -0.493 e. The Balaban J connectivity index is 2.31. The molecule has 0 fully saturated rings. The lowest BCUT2D eigenvalue weighted by atomic mass is 9.97. The molecule has 4 nitrogen and oxygen atoms in total. The van der Waals surface area contributed by atoms with Crippen LogP contribution < -0.4 is 9.47 Å². The number of rotatable bonds is 4. The highest BCUT2D eigenvalue weighted by molar-refractivity contribution is 5.49. The van der Waals surface area contributed by atoms with Gasteiger partial charge in [0.25, 0.3) is 0 Å². The van der Waals surface area contributed by atoms with Crippen LogP contribution in [0.15, 0.2) is 18.2 Å². The summed E-state index contributed by atoms with van der Waals surface area (Å²) in [6.07, 6.45) is -0.524. The third kappa shape index (κ3) is 2.18. The zero-order valence-corrected chi connectivity index (χ0v) is 11.2. The number of para-hydroxylation sites is 1. The van der Waals surface area contributed by atoms with E-state index in [0.717, 1.165) is 18.7 Å². The van der Waals surface area contributed by atoms with Crippen LogP contribution in [0.4, 0.5) is 0 Å². The molecule has 0 aromatic heterocycles. The van der Waals surface area contributed by atoms with Gasteiger partial charge in [-0.3, -0.25) is 4.90 Å². The number of nitrogens with zero attached hydrogens (tertiary/aromatic N) is 1. The van der Waals surface area contributed by atoms with Crippen molar-refractivity contribution in [2.24, 2.45) is 0 Å². The number of aliphatic hydroxyl groups is 1. The van der Waals surface area contributed by atoms with Gasteiger partial charge in [-0.2, -0.15) is 0 Å². The van der Waals surface area contributed by atoms with E-state index in [-0.39, 0.29) is 6.04 Å². The van der Waals surface area contributed by atoms with Crippen molar-refractivity contribution in [2.75, 3.05) is 26.8 Å². The Morgan fingerprint density at radius 1 is 1.39 bits per heavy atom. The number of methoxy groups -OCH3 is 1. The molecule has 0 saturated heterocycles. The molecule has 0 aliphatic carbocycles. The minimum atomic E-state index is -0.524. The fraction of sp³-hybridized carbons (Fsp3) is 0.571. The molecule has 0 radical (unpaired) electrons. The highest BCUT2D eigenvalue weighted by Crippen LogP contribution is 2.40. The van der Waals surface area contributed by atoms with Gasteiger partial charge >= 0.3 is 0 Å². The second-order valence-electron chi connectivity index (χ2n) is 4.42. The van der Waals surface area contributed by atoms with Gasteiger partial charge in [0.2, 0.25) is 0 Å². The van der Waals surface area contributed by atoms with E-state index in [4.69, 9.17) is 9.47 Å². The molecule has 1 aliphatic heterocycles. The van der Waals surface area contributed by atoms with Crippen LogP contribution in [0.3, 0.4) is 0 Å². The highest BCUT2D eigenvalue weighted by atomic mass is 16.5. The van der Waals surface area contributed by atoms with Crippen LogP contribution in [0.5, 0.6) is 11.5 Å². The average Bonchev–Trinajstić information content (AvgIpc) is 2.42. The Morgan fingerprint density at radius 2 is 2.11 bits per heavy atom. The van der Waals surface area contributed by atoms with E-state index in [0.29, 0.717) is 18.1 Å². The average molecular weight is 251 g/mol. The molecule has 2 rings (SSSR count). The molecule has 100 valence electrons. The number of fused-ring (bicyclic) bond motifs is 1. The predicted molar refractivity (Wildman–Crippen MR) is 70.2 cm³/mol. The second-order valence-corrected chi connectivity index (χ2v) is 4.42. The SMILES string of the molecule is CCN(CC)C1COc2c(OC)cccc2C1O. The number of hydrogen-bond donors (Lipinski definition) is 1. The molecular weight excluding hydrogens is 230 g/mol. The summed E-state index contributed by atoms with van der Waals surface area (Å²) in [5.74, 6) is 1.36. The fourth-order valence-electron chi connectivity index (χ4n) is 2.55. The van der Waals surface area contributed by atoms with Gasteiger partial charge < -0.3 is 14.6 Å². The largest absolute Gasteiger partial charge is 0.493 e. The van der Waals surface area contributed by atoms with Gasteiger partial charge in [0, 0.05) is 5.56 Å². The normalized spacial score (nSPS) is 22.5. The highest BCUT2D eigenvalue weighted by Gasteiger charge is 2.33. The molecule has 2 unspecified atom stereocenters. The Morgan fingerprint density at radius 3 is 2.72 bits per heavy atom. The van der Waals surface area contributed by atoms with E-state index in [1.807, 2.05) is 18.2 Å². The van der Waals surface area contributed by atoms with Crippen LogP contribution in [0, 0.1) is 0 Å². The van der Waals surface area contributed by atoms with Crippen molar-refractivity contribution >= 4 is 0 Å². The van der Waals surface area contributed by atoms with Crippen LogP contribution >= 0.6 is 0 Å². The van der Waals surface area contributed by atoms with Crippen molar-refractivity contribution in [2.45, 2.75) is 26.0 Å². The van der Waals surface area contributed by atoms with Gasteiger partial charge in [0.05, 0.1) is 13.2 Å². The summed E-state index contributed by atoms with van der Waals surface area (Å²) in [6.45, 7) is 6.49. The third-order valence-electron chi connectivity index (χ3n) is 3.59. The number of likely N-dealkylation sites (N-methyl/N-ethyl adjacent to an activating group) is 1. The van der Waals surface area contributed by atoms with E-state index in [1.165, 1.54) is 0 Å². The van der Waals surface area contributed by atoms with E-state index in [9.17, 15) is 5.11 Å². The molecule has 1 aromatic rings.